The van der Waals surface area contributed by atoms with Gasteiger partial charge in [-0.3, -0.25) is 4.90 Å². The van der Waals surface area contributed by atoms with Gasteiger partial charge in [-0.05, 0) is 45.3 Å². The van der Waals surface area contributed by atoms with Gasteiger partial charge < -0.3 is 9.84 Å². The summed E-state index contributed by atoms with van der Waals surface area (Å²) in [6.45, 7) is 6.31. The molecule has 1 aliphatic heterocycles. The van der Waals surface area contributed by atoms with Crippen LogP contribution in [0.2, 0.25) is 0 Å². The minimum Gasteiger partial charge on any atom is -0.338 e. The lowest BCUT2D eigenvalue weighted by atomic mass is 10.0. The highest BCUT2D eigenvalue weighted by molar-refractivity contribution is 5.03. The largest absolute Gasteiger partial charge is 0.338 e. The average molecular weight is 250 g/mol. The third-order valence-corrected chi connectivity index (χ3v) is 4.00. The van der Waals surface area contributed by atoms with E-state index in [1.165, 1.54) is 25.7 Å². The molecule has 1 saturated heterocycles. The summed E-state index contributed by atoms with van der Waals surface area (Å²) in [6.07, 6.45) is 4.89. The number of aromatic nitrogens is 2. The number of hydrogen-bond acceptors (Lipinski definition) is 5. The topological polar surface area (TPSA) is 54.2 Å². The highest BCUT2D eigenvalue weighted by Gasteiger charge is 2.29. The summed E-state index contributed by atoms with van der Waals surface area (Å²) in [6, 6.07) is 0.660. The fourth-order valence-electron chi connectivity index (χ4n) is 2.68. The second kappa shape index (κ2) is 5.36. The van der Waals surface area contributed by atoms with Gasteiger partial charge >= 0.3 is 0 Å². The van der Waals surface area contributed by atoms with Crippen molar-refractivity contribution in [3.8, 4) is 0 Å². The third kappa shape index (κ3) is 2.72. The molecule has 100 valence electrons. The Kier molecular flexibility index (Phi) is 3.61. The Morgan fingerprint density at radius 1 is 1.28 bits per heavy atom. The predicted octanol–water partition coefficient (Wildman–Crippen LogP) is 1.52. The third-order valence-electron chi connectivity index (χ3n) is 4.00. The number of hydrogen-bond donors (Lipinski definition) is 1. The number of nitrogens with one attached hydrogen (secondary N) is 1. The van der Waals surface area contributed by atoms with Gasteiger partial charge in [0, 0.05) is 12.0 Å². The van der Waals surface area contributed by atoms with Gasteiger partial charge in [0.1, 0.15) is 0 Å². The Morgan fingerprint density at radius 2 is 2.06 bits per heavy atom. The first-order valence-corrected chi connectivity index (χ1v) is 7.14. The van der Waals surface area contributed by atoms with E-state index in [2.05, 4.69) is 27.3 Å². The van der Waals surface area contributed by atoms with E-state index < -0.39 is 0 Å². The quantitative estimate of drug-likeness (QED) is 0.858. The maximum Gasteiger partial charge on any atom is 0.240 e. The van der Waals surface area contributed by atoms with E-state index in [-0.39, 0.29) is 0 Å². The zero-order valence-electron chi connectivity index (χ0n) is 11.1. The van der Waals surface area contributed by atoms with Crippen molar-refractivity contribution in [2.24, 2.45) is 0 Å². The Hall–Kier alpha value is -0.940. The Morgan fingerprint density at radius 3 is 2.72 bits per heavy atom. The van der Waals surface area contributed by atoms with E-state index >= 15 is 0 Å². The summed E-state index contributed by atoms with van der Waals surface area (Å²) < 4.78 is 5.37. The van der Waals surface area contributed by atoms with E-state index in [4.69, 9.17) is 4.52 Å². The van der Waals surface area contributed by atoms with E-state index in [9.17, 15) is 0 Å². The molecule has 18 heavy (non-hydrogen) atoms. The summed E-state index contributed by atoms with van der Waals surface area (Å²) in [7, 11) is 0. The molecule has 0 radical (unpaired) electrons. The van der Waals surface area contributed by atoms with Crippen LogP contribution in [0.3, 0.4) is 0 Å². The minimum atomic E-state index is 0.580. The molecular formula is C13H22N4O. The molecule has 5 nitrogen and oxygen atoms in total. The fourth-order valence-corrected chi connectivity index (χ4v) is 2.68. The molecule has 1 saturated carbocycles. The summed E-state index contributed by atoms with van der Waals surface area (Å²) in [5.74, 6) is 2.29. The molecule has 0 unspecified atom stereocenters. The van der Waals surface area contributed by atoms with Gasteiger partial charge in [0.15, 0.2) is 5.82 Å². The normalized spacial score (nSPS) is 21.7. The van der Waals surface area contributed by atoms with E-state index in [1.807, 2.05) is 0 Å². The Balaban J connectivity index is 1.60. The first kappa shape index (κ1) is 12.1. The molecule has 2 fully saturated rings. The molecule has 0 spiro atoms. The number of nitrogens with zero attached hydrogens (tertiary/aromatic N) is 3. The molecule has 1 aromatic heterocycles. The van der Waals surface area contributed by atoms with Gasteiger partial charge in [0.2, 0.25) is 5.89 Å². The summed E-state index contributed by atoms with van der Waals surface area (Å²) in [4.78, 5) is 6.98. The first-order chi connectivity index (χ1) is 8.86. The molecule has 0 bridgehead atoms. The van der Waals surface area contributed by atoms with Crippen molar-refractivity contribution in [1.29, 1.82) is 0 Å². The van der Waals surface area contributed by atoms with Crippen LogP contribution in [-0.4, -0.2) is 40.7 Å². The smallest absolute Gasteiger partial charge is 0.240 e. The Bertz CT molecular complexity index is 382. The zero-order chi connectivity index (χ0) is 12.4. The maximum atomic E-state index is 5.37. The van der Waals surface area contributed by atoms with E-state index in [0.29, 0.717) is 12.0 Å². The summed E-state index contributed by atoms with van der Waals surface area (Å²) >= 11 is 0. The van der Waals surface area contributed by atoms with Crippen molar-refractivity contribution in [1.82, 2.24) is 20.4 Å². The van der Waals surface area contributed by atoms with Crippen molar-refractivity contribution in [2.45, 2.75) is 51.1 Å². The first-order valence-electron chi connectivity index (χ1n) is 7.14. The van der Waals surface area contributed by atoms with Crippen LogP contribution in [0, 0.1) is 0 Å². The maximum absolute atomic E-state index is 5.37. The van der Waals surface area contributed by atoms with E-state index in [0.717, 1.165) is 37.9 Å². The summed E-state index contributed by atoms with van der Waals surface area (Å²) in [5.41, 5.74) is 0. The Labute approximate surface area is 108 Å². The van der Waals surface area contributed by atoms with Gasteiger partial charge in [-0.1, -0.05) is 12.1 Å². The van der Waals surface area contributed by atoms with Gasteiger partial charge in [0.05, 0.1) is 6.54 Å². The van der Waals surface area contributed by atoms with Gasteiger partial charge in [-0.2, -0.15) is 4.98 Å². The number of piperidine rings is 1. The molecule has 1 N–H and O–H groups in total. The molecule has 1 aliphatic carbocycles. The van der Waals surface area contributed by atoms with Gasteiger partial charge in [-0.15, -0.1) is 0 Å². The van der Waals surface area contributed by atoms with Crippen LogP contribution in [0.5, 0.6) is 0 Å². The number of rotatable bonds is 5. The molecule has 3 rings (SSSR count). The predicted molar refractivity (Wildman–Crippen MR) is 68.2 cm³/mol. The van der Waals surface area contributed by atoms with Gasteiger partial charge in [0.25, 0.3) is 0 Å². The van der Waals surface area contributed by atoms with Crippen molar-refractivity contribution in [2.75, 3.05) is 19.6 Å². The fraction of sp³-hybridized carbons (Fsp3) is 0.846. The van der Waals surface area contributed by atoms with Crippen molar-refractivity contribution < 1.29 is 4.52 Å². The molecule has 1 aromatic rings. The lowest BCUT2D eigenvalue weighted by molar-refractivity contribution is 0.144. The second-order valence-corrected chi connectivity index (χ2v) is 5.36. The van der Waals surface area contributed by atoms with Crippen LogP contribution in [0.1, 0.15) is 50.2 Å². The van der Waals surface area contributed by atoms with E-state index in [1.54, 1.807) is 0 Å². The monoisotopic (exact) mass is 250 g/mol. The molecular weight excluding hydrogens is 228 g/mol. The molecule has 5 heteroatoms. The zero-order valence-corrected chi connectivity index (χ0v) is 11.1. The molecule has 2 heterocycles. The highest BCUT2D eigenvalue weighted by Crippen LogP contribution is 2.38. The average Bonchev–Trinajstić information content (AvgIpc) is 3.17. The van der Waals surface area contributed by atoms with Crippen LogP contribution >= 0.6 is 0 Å². The lowest BCUT2D eigenvalue weighted by Crippen LogP contribution is -2.42. The molecule has 0 amide bonds. The van der Waals surface area contributed by atoms with Crippen LogP contribution in [-0.2, 0) is 6.54 Å². The van der Waals surface area contributed by atoms with Crippen LogP contribution in [0.15, 0.2) is 4.52 Å². The van der Waals surface area contributed by atoms with Gasteiger partial charge in [-0.25, -0.2) is 0 Å². The lowest BCUT2D eigenvalue weighted by Gasteiger charge is -2.32. The molecule has 0 aromatic carbocycles. The SMILES string of the molecule is CCN(Cc1nc(C2CC2)no1)C1CCNCC1. The summed E-state index contributed by atoms with van der Waals surface area (Å²) in [5, 5.41) is 7.49. The van der Waals surface area contributed by atoms with Crippen molar-refractivity contribution in [3.05, 3.63) is 11.7 Å². The second-order valence-electron chi connectivity index (χ2n) is 5.36. The molecule has 0 atom stereocenters. The highest BCUT2D eigenvalue weighted by atomic mass is 16.5. The van der Waals surface area contributed by atoms with Crippen LogP contribution in [0.25, 0.3) is 0 Å². The van der Waals surface area contributed by atoms with Crippen LogP contribution in [0.4, 0.5) is 0 Å². The molecule has 2 aliphatic rings. The minimum absolute atomic E-state index is 0.580. The van der Waals surface area contributed by atoms with Crippen molar-refractivity contribution in [3.63, 3.8) is 0 Å². The van der Waals surface area contributed by atoms with Crippen molar-refractivity contribution >= 4 is 0 Å². The van der Waals surface area contributed by atoms with Crippen LogP contribution < -0.4 is 5.32 Å². The standard InChI is InChI=1S/C13H22N4O/c1-2-17(11-5-7-14-8-6-11)9-12-15-13(16-18-12)10-3-4-10/h10-11,14H,2-9H2,1H3.